The second-order valence-corrected chi connectivity index (χ2v) is 4.85. The van der Waals surface area contributed by atoms with Crippen molar-refractivity contribution in [2.45, 2.75) is 0 Å². The maximum atomic E-state index is 12.9. The van der Waals surface area contributed by atoms with Crippen LogP contribution in [-0.2, 0) is 0 Å². The van der Waals surface area contributed by atoms with Crippen molar-refractivity contribution in [2.75, 3.05) is 5.73 Å². The Bertz CT molecular complexity index is 980. The van der Waals surface area contributed by atoms with Gasteiger partial charge in [0, 0.05) is 11.6 Å². The lowest BCUT2D eigenvalue weighted by Gasteiger charge is -2.06. The first kappa shape index (κ1) is 11.7. The van der Waals surface area contributed by atoms with Crippen molar-refractivity contribution in [1.29, 1.82) is 0 Å². The Labute approximate surface area is 120 Å². The van der Waals surface area contributed by atoms with Gasteiger partial charge in [0.25, 0.3) is 5.91 Å². The molecule has 21 heavy (non-hydrogen) atoms. The fourth-order valence-corrected chi connectivity index (χ4v) is 2.64. The number of nitrogens with zero attached hydrogens (tertiary/aromatic N) is 2. The molecule has 2 aromatic heterocycles. The molecule has 0 saturated carbocycles. The van der Waals surface area contributed by atoms with Gasteiger partial charge in [0.15, 0.2) is 0 Å². The number of para-hydroxylation sites is 3. The van der Waals surface area contributed by atoms with Crippen LogP contribution in [0.1, 0.15) is 10.4 Å². The molecule has 0 unspecified atom stereocenters. The summed E-state index contributed by atoms with van der Waals surface area (Å²) in [6.45, 7) is 0. The summed E-state index contributed by atoms with van der Waals surface area (Å²) in [5.41, 5.74) is 8.74. The van der Waals surface area contributed by atoms with E-state index in [0.717, 1.165) is 10.9 Å². The van der Waals surface area contributed by atoms with Gasteiger partial charge >= 0.3 is 0 Å². The zero-order chi connectivity index (χ0) is 14.4. The average Bonchev–Trinajstić information content (AvgIpc) is 3.09. The molecule has 0 amide bonds. The monoisotopic (exact) mass is 276 g/mol. The van der Waals surface area contributed by atoms with Crippen LogP contribution in [0.2, 0.25) is 0 Å². The minimum absolute atomic E-state index is 0.186. The fraction of sp³-hybridized carbons (Fsp3) is 0. The molecule has 0 aliphatic carbocycles. The molecule has 5 heteroatoms. The number of carbonyl (C=O) groups is 1. The number of carbonyl (C=O) groups excluding carboxylic acids is 1. The van der Waals surface area contributed by atoms with E-state index in [-0.39, 0.29) is 11.9 Å². The first-order valence-corrected chi connectivity index (χ1v) is 6.59. The van der Waals surface area contributed by atoms with Crippen LogP contribution in [0, 0.1) is 0 Å². The number of hydrogen-bond acceptors (Lipinski definition) is 3. The zero-order valence-corrected chi connectivity index (χ0v) is 11.1. The van der Waals surface area contributed by atoms with Crippen molar-refractivity contribution in [2.24, 2.45) is 0 Å². The lowest BCUT2D eigenvalue weighted by atomic mass is 10.1. The molecule has 0 aliphatic rings. The highest BCUT2D eigenvalue weighted by Gasteiger charge is 2.18. The molecule has 0 radical (unpaired) electrons. The van der Waals surface area contributed by atoms with Gasteiger partial charge in [-0.1, -0.05) is 24.3 Å². The van der Waals surface area contributed by atoms with Crippen LogP contribution in [0.15, 0.2) is 54.7 Å². The van der Waals surface area contributed by atoms with E-state index in [1.807, 2.05) is 48.7 Å². The highest BCUT2D eigenvalue weighted by Crippen LogP contribution is 2.23. The van der Waals surface area contributed by atoms with E-state index in [9.17, 15) is 4.79 Å². The van der Waals surface area contributed by atoms with Crippen LogP contribution < -0.4 is 5.73 Å². The molecule has 2 heterocycles. The quantitative estimate of drug-likeness (QED) is 0.561. The van der Waals surface area contributed by atoms with Gasteiger partial charge < -0.3 is 10.7 Å². The predicted octanol–water partition coefficient (Wildman–Crippen LogP) is 2.79. The molecular formula is C16H12N4O. The minimum atomic E-state index is -0.186. The Balaban J connectivity index is 1.98. The van der Waals surface area contributed by atoms with Gasteiger partial charge in [0.05, 0.1) is 22.1 Å². The Hall–Kier alpha value is -3.08. The molecule has 0 atom stereocenters. The number of nitrogens with one attached hydrogen (secondary N) is 1. The van der Waals surface area contributed by atoms with Crippen LogP contribution in [0.3, 0.4) is 0 Å². The first-order chi connectivity index (χ1) is 10.3. The number of H-pyrrole nitrogens is 1. The average molecular weight is 276 g/mol. The predicted molar refractivity (Wildman–Crippen MR) is 82.2 cm³/mol. The Morgan fingerprint density at radius 1 is 1.10 bits per heavy atom. The van der Waals surface area contributed by atoms with Crippen LogP contribution in [0.4, 0.5) is 5.95 Å². The number of hydrogen-bond donors (Lipinski definition) is 2. The van der Waals surface area contributed by atoms with Gasteiger partial charge in [0.2, 0.25) is 5.95 Å². The number of anilines is 1. The molecule has 102 valence electrons. The van der Waals surface area contributed by atoms with Crippen molar-refractivity contribution in [3.05, 3.63) is 60.3 Å². The number of aromatic amines is 1. The van der Waals surface area contributed by atoms with Crippen molar-refractivity contribution >= 4 is 33.8 Å². The molecular weight excluding hydrogens is 264 g/mol. The maximum absolute atomic E-state index is 12.9. The van der Waals surface area contributed by atoms with E-state index in [4.69, 9.17) is 5.73 Å². The molecule has 2 aromatic carbocycles. The highest BCUT2D eigenvalue weighted by atomic mass is 16.2. The minimum Gasteiger partial charge on any atom is -0.369 e. The summed E-state index contributed by atoms with van der Waals surface area (Å²) in [6, 6.07) is 14.9. The van der Waals surface area contributed by atoms with Gasteiger partial charge in [-0.3, -0.25) is 4.79 Å². The molecule has 5 nitrogen and oxygen atoms in total. The molecule has 0 fully saturated rings. The second-order valence-electron chi connectivity index (χ2n) is 4.85. The lowest BCUT2D eigenvalue weighted by molar-refractivity contribution is 0.0968. The van der Waals surface area contributed by atoms with E-state index in [0.29, 0.717) is 16.6 Å². The molecule has 0 saturated heterocycles. The number of fused-ring (bicyclic) bond motifs is 2. The lowest BCUT2D eigenvalue weighted by Crippen LogP contribution is -2.15. The number of imidazole rings is 1. The summed E-state index contributed by atoms with van der Waals surface area (Å²) < 4.78 is 1.45. The van der Waals surface area contributed by atoms with Gasteiger partial charge in [-0.05, 0) is 24.3 Å². The summed E-state index contributed by atoms with van der Waals surface area (Å²) in [7, 11) is 0. The van der Waals surface area contributed by atoms with Crippen LogP contribution >= 0.6 is 0 Å². The number of rotatable bonds is 1. The Morgan fingerprint density at radius 2 is 1.95 bits per heavy atom. The van der Waals surface area contributed by atoms with E-state index < -0.39 is 0 Å². The Morgan fingerprint density at radius 3 is 2.86 bits per heavy atom. The molecule has 4 rings (SSSR count). The van der Waals surface area contributed by atoms with Crippen molar-refractivity contribution in [3.8, 4) is 0 Å². The smallest absolute Gasteiger partial charge is 0.267 e. The third kappa shape index (κ3) is 1.64. The number of nitrogens with two attached hydrogens (primary N) is 1. The number of benzene rings is 2. The van der Waals surface area contributed by atoms with E-state index >= 15 is 0 Å². The normalized spacial score (nSPS) is 11.2. The maximum Gasteiger partial charge on any atom is 0.267 e. The van der Waals surface area contributed by atoms with Crippen LogP contribution in [-0.4, -0.2) is 20.4 Å². The standard InChI is InChI=1S/C16H12N4O/c17-16-19-12-6-1-2-7-13(12)20(16)15(21)11-5-3-4-10-8-9-18-14(10)11/h1-9,18H,(H2,17,19). The largest absolute Gasteiger partial charge is 0.369 e. The van der Waals surface area contributed by atoms with Crippen molar-refractivity contribution < 1.29 is 4.79 Å². The Kier molecular flexibility index (Phi) is 2.35. The molecule has 0 aliphatic heterocycles. The second kappa shape index (κ2) is 4.21. The number of aromatic nitrogens is 3. The van der Waals surface area contributed by atoms with Crippen LogP contribution in [0.25, 0.3) is 21.9 Å². The van der Waals surface area contributed by atoms with Crippen molar-refractivity contribution in [1.82, 2.24) is 14.5 Å². The van der Waals surface area contributed by atoms with Crippen molar-refractivity contribution in [3.63, 3.8) is 0 Å². The topological polar surface area (TPSA) is 76.7 Å². The molecule has 0 bridgehead atoms. The summed E-state index contributed by atoms with van der Waals surface area (Å²) >= 11 is 0. The molecule has 3 N–H and O–H groups in total. The summed E-state index contributed by atoms with van der Waals surface area (Å²) in [4.78, 5) is 20.2. The summed E-state index contributed by atoms with van der Waals surface area (Å²) in [6.07, 6.45) is 1.82. The zero-order valence-electron chi connectivity index (χ0n) is 11.1. The van der Waals surface area contributed by atoms with Gasteiger partial charge in [-0.2, -0.15) is 0 Å². The molecule has 4 aromatic rings. The van der Waals surface area contributed by atoms with Gasteiger partial charge in [-0.25, -0.2) is 9.55 Å². The van der Waals surface area contributed by atoms with Gasteiger partial charge in [0.1, 0.15) is 0 Å². The third-order valence-electron chi connectivity index (χ3n) is 3.61. The van der Waals surface area contributed by atoms with E-state index in [1.54, 1.807) is 6.07 Å². The third-order valence-corrected chi connectivity index (χ3v) is 3.61. The summed E-state index contributed by atoms with van der Waals surface area (Å²) in [5, 5.41) is 0.990. The van der Waals surface area contributed by atoms with E-state index in [1.165, 1.54) is 4.57 Å². The van der Waals surface area contributed by atoms with E-state index in [2.05, 4.69) is 9.97 Å². The summed E-state index contributed by atoms with van der Waals surface area (Å²) in [5.74, 6) is 0.0130. The first-order valence-electron chi connectivity index (χ1n) is 6.59. The number of nitrogen functional groups attached to an aromatic ring is 1. The SMILES string of the molecule is Nc1nc2ccccc2n1C(=O)c1cccc2cc[nH]c12. The van der Waals surface area contributed by atoms with Crippen LogP contribution in [0.5, 0.6) is 0 Å². The highest BCUT2D eigenvalue weighted by molar-refractivity contribution is 6.10. The van der Waals surface area contributed by atoms with Gasteiger partial charge in [-0.15, -0.1) is 0 Å². The fourth-order valence-electron chi connectivity index (χ4n) is 2.64. The molecule has 0 spiro atoms.